The lowest BCUT2D eigenvalue weighted by molar-refractivity contribution is -0.136. The maximum absolute atomic E-state index is 12.6. The first-order valence-electron chi connectivity index (χ1n) is 10.5. The van der Waals surface area contributed by atoms with Crippen LogP contribution < -0.4 is 20.1 Å². The number of hydrogen-bond donors (Lipinski definition) is 2. The van der Waals surface area contributed by atoms with Crippen LogP contribution in [0.4, 0.5) is 11.4 Å². The molecule has 2 unspecified atom stereocenters. The molecular formula is C23H28N4O4. The Balaban J connectivity index is 1.43. The summed E-state index contributed by atoms with van der Waals surface area (Å²) in [5, 5.41) is 6.83. The highest BCUT2D eigenvalue weighted by Crippen LogP contribution is 2.27. The van der Waals surface area contributed by atoms with Crippen molar-refractivity contribution >= 4 is 23.2 Å². The van der Waals surface area contributed by atoms with E-state index in [-0.39, 0.29) is 30.8 Å². The number of methoxy groups -OCH3 is 2. The van der Waals surface area contributed by atoms with Gasteiger partial charge in [0.2, 0.25) is 11.8 Å². The van der Waals surface area contributed by atoms with Crippen molar-refractivity contribution in [2.75, 3.05) is 31.5 Å². The number of carbonyl (C=O) groups is 2. The van der Waals surface area contributed by atoms with Gasteiger partial charge in [0.1, 0.15) is 23.8 Å². The summed E-state index contributed by atoms with van der Waals surface area (Å²) in [6.07, 6.45) is 2.01. The minimum Gasteiger partial charge on any atom is -0.497 e. The van der Waals surface area contributed by atoms with E-state index in [4.69, 9.17) is 9.47 Å². The van der Waals surface area contributed by atoms with Gasteiger partial charge in [0.05, 0.1) is 20.9 Å². The molecule has 2 N–H and O–H groups in total. The van der Waals surface area contributed by atoms with E-state index in [2.05, 4.69) is 10.6 Å². The van der Waals surface area contributed by atoms with Crippen LogP contribution in [0.2, 0.25) is 0 Å². The number of hydrogen-bond acceptors (Lipinski definition) is 6. The zero-order chi connectivity index (χ0) is 21.8. The van der Waals surface area contributed by atoms with Gasteiger partial charge in [-0.3, -0.25) is 9.59 Å². The van der Waals surface area contributed by atoms with E-state index in [9.17, 15) is 9.59 Å². The van der Waals surface area contributed by atoms with Crippen LogP contribution in [0.25, 0.3) is 0 Å². The molecular weight excluding hydrogens is 396 g/mol. The summed E-state index contributed by atoms with van der Waals surface area (Å²) in [4.78, 5) is 28.7. The molecule has 0 aromatic heterocycles. The number of anilines is 2. The molecule has 2 aromatic rings. The van der Waals surface area contributed by atoms with Crippen LogP contribution in [0.3, 0.4) is 0 Å². The third-order valence-electron chi connectivity index (χ3n) is 5.81. The van der Waals surface area contributed by atoms with Crippen molar-refractivity contribution in [2.45, 2.75) is 38.0 Å². The Morgan fingerprint density at radius 1 is 0.742 bits per heavy atom. The molecule has 2 amide bonds. The van der Waals surface area contributed by atoms with Crippen LogP contribution in [0.1, 0.15) is 25.7 Å². The van der Waals surface area contributed by atoms with Crippen molar-refractivity contribution in [3.63, 3.8) is 0 Å². The van der Waals surface area contributed by atoms with Crippen LogP contribution in [0, 0.1) is 0 Å². The summed E-state index contributed by atoms with van der Waals surface area (Å²) in [6.45, 7) is 0.263. The van der Waals surface area contributed by atoms with E-state index >= 15 is 0 Å². The molecule has 2 aromatic carbocycles. The van der Waals surface area contributed by atoms with Gasteiger partial charge in [0.15, 0.2) is 0 Å². The number of nitrogens with one attached hydrogen (secondary N) is 2. The molecule has 2 saturated heterocycles. The number of likely N-dealkylation sites (tertiary alicyclic amines) is 2. The van der Waals surface area contributed by atoms with Crippen LogP contribution in [0.5, 0.6) is 11.5 Å². The predicted molar refractivity (Wildman–Crippen MR) is 118 cm³/mol. The van der Waals surface area contributed by atoms with Crippen LogP contribution in [0.15, 0.2) is 48.5 Å². The van der Waals surface area contributed by atoms with E-state index in [0.717, 1.165) is 22.9 Å². The first-order valence-corrected chi connectivity index (χ1v) is 10.5. The van der Waals surface area contributed by atoms with Gasteiger partial charge in [-0.2, -0.15) is 0 Å². The Bertz CT molecular complexity index is 841. The van der Waals surface area contributed by atoms with Crippen LogP contribution in [-0.4, -0.2) is 54.8 Å². The van der Waals surface area contributed by atoms with E-state index < -0.39 is 0 Å². The van der Waals surface area contributed by atoms with Gasteiger partial charge < -0.3 is 29.9 Å². The number of rotatable bonds is 8. The first kappa shape index (κ1) is 20.8. The lowest BCUT2D eigenvalue weighted by Crippen LogP contribution is -2.50. The summed E-state index contributed by atoms with van der Waals surface area (Å²) in [7, 11) is 3.26. The van der Waals surface area contributed by atoms with Crippen molar-refractivity contribution < 1.29 is 19.1 Å². The average Bonchev–Trinajstić information content (AvgIpc) is 3.32. The van der Waals surface area contributed by atoms with Crippen molar-refractivity contribution in [1.82, 2.24) is 9.80 Å². The van der Waals surface area contributed by atoms with Gasteiger partial charge in [-0.15, -0.1) is 0 Å². The second kappa shape index (κ2) is 9.16. The van der Waals surface area contributed by atoms with Crippen molar-refractivity contribution in [3.8, 4) is 11.5 Å². The molecule has 31 heavy (non-hydrogen) atoms. The summed E-state index contributed by atoms with van der Waals surface area (Å²) >= 11 is 0. The molecule has 4 rings (SSSR count). The standard InChI is InChI=1S/C23H28N4O4/c1-30-18-7-3-16(4-8-18)24-20-11-13-22(28)26(20)15-27-21(12-14-23(27)29)25-17-5-9-19(31-2)10-6-17/h3-10,20-21,24-25H,11-15H2,1-2H3. The number of carbonyl (C=O) groups excluding carboxylic acids is 2. The second-order valence-corrected chi connectivity index (χ2v) is 7.72. The maximum atomic E-state index is 12.6. The molecule has 8 heteroatoms. The Morgan fingerprint density at radius 3 is 1.48 bits per heavy atom. The highest BCUT2D eigenvalue weighted by molar-refractivity contribution is 5.82. The van der Waals surface area contributed by atoms with Crippen LogP contribution >= 0.6 is 0 Å². The second-order valence-electron chi connectivity index (χ2n) is 7.72. The molecule has 2 atom stereocenters. The molecule has 164 valence electrons. The Kier molecular flexibility index (Phi) is 6.16. The Morgan fingerprint density at radius 2 is 1.13 bits per heavy atom. The molecule has 0 bridgehead atoms. The fourth-order valence-corrected chi connectivity index (χ4v) is 4.05. The largest absolute Gasteiger partial charge is 0.497 e. The molecule has 8 nitrogen and oxygen atoms in total. The summed E-state index contributed by atoms with van der Waals surface area (Å²) in [5.74, 6) is 1.66. The van der Waals surface area contributed by atoms with Crippen molar-refractivity contribution in [1.29, 1.82) is 0 Å². The molecule has 0 spiro atoms. The normalized spacial score (nSPS) is 20.8. The fraction of sp³-hybridized carbons (Fsp3) is 0.391. The Hall–Kier alpha value is -3.42. The maximum Gasteiger partial charge on any atom is 0.225 e. The molecule has 2 heterocycles. The minimum absolute atomic E-state index is 0.0499. The van der Waals surface area contributed by atoms with E-state index in [0.29, 0.717) is 25.7 Å². The lowest BCUT2D eigenvalue weighted by Gasteiger charge is -2.34. The lowest BCUT2D eigenvalue weighted by atomic mass is 10.2. The zero-order valence-electron chi connectivity index (χ0n) is 17.8. The first-order chi connectivity index (χ1) is 15.1. The van der Waals surface area contributed by atoms with Gasteiger partial charge >= 0.3 is 0 Å². The topological polar surface area (TPSA) is 83.1 Å². The summed E-state index contributed by atoms with van der Waals surface area (Å²) < 4.78 is 10.4. The highest BCUT2D eigenvalue weighted by Gasteiger charge is 2.38. The smallest absolute Gasteiger partial charge is 0.225 e. The predicted octanol–water partition coefficient (Wildman–Crippen LogP) is 3.08. The number of nitrogens with zero attached hydrogens (tertiary/aromatic N) is 2. The zero-order valence-corrected chi connectivity index (χ0v) is 17.8. The molecule has 0 aliphatic carbocycles. The average molecular weight is 425 g/mol. The SMILES string of the molecule is COc1ccc(NC2CCC(=O)N2CN2C(=O)CCC2Nc2ccc(OC)cc2)cc1. The highest BCUT2D eigenvalue weighted by atomic mass is 16.5. The van der Waals surface area contributed by atoms with Gasteiger partial charge in [-0.25, -0.2) is 0 Å². The van der Waals surface area contributed by atoms with Gasteiger partial charge in [0, 0.05) is 24.2 Å². The molecule has 2 aliphatic rings. The monoisotopic (exact) mass is 424 g/mol. The minimum atomic E-state index is -0.157. The number of amides is 2. The third kappa shape index (κ3) is 4.68. The Labute approximate surface area is 182 Å². The molecule has 0 saturated carbocycles. The fourth-order valence-electron chi connectivity index (χ4n) is 4.05. The summed E-state index contributed by atoms with van der Waals surface area (Å²) in [6, 6.07) is 15.2. The quantitative estimate of drug-likeness (QED) is 0.678. The van der Waals surface area contributed by atoms with Crippen molar-refractivity contribution in [3.05, 3.63) is 48.5 Å². The van der Waals surface area contributed by atoms with Gasteiger partial charge in [0.25, 0.3) is 0 Å². The summed E-state index contributed by atoms with van der Waals surface area (Å²) in [5.41, 5.74) is 1.82. The molecule has 2 fully saturated rings. The molecule has 2 aliphatic heterocycles. The number of ether oxygens (including phenoxy) is 2. The molecule has 0 radical (unpaired) electrons. The third-order valence-corrected chi connectivity index (χ3v) is 5.81. The van der Waals surface area contributed by atoms with Gasteiger partial charge in [-0.1, -0.05) is 0 Å². The van der Waals surface area contributed by atoms with E-state index in [1.165, 1.54) is 0 Å². The van der Waals surface area contributed by atoms with Gasteiger partial charge in [-0.05, 0) is 61.4 Å². The van der Waals surface area contributed by atoms with E-state index in [1.54, 1.807) is 24.0 Å². The van der Waals surface area contributed by atoms with E-state index in [1.807, 2.05) is 48.5 Å². The van der Waals surface area contributed by atoms with Crippen LogP contribution in [-0.2, 0) is 9.59 Å². The van der Waals surface area contributed by atoms with Crippen molar-refractivity contribution in [2.24, 2.45) is 0 Å². The number of benzene rings is 2.